The van der Waals surface area contributed by atoms with Crippen molar-refractivity contribution in [3.63, 3.8) is 0 Å². The van der Waals surface area contributed by atoms with E-state index in [0.29, 0.717) is 0 Å². The molecule has 1 aliphatic carbocycles. The first-order valence-corrected chi connectivity index (χ1v) is 6.85. The van der Waals surface area contributed by atoms with Gasteiger partial charge in [-0.2, -0.15) is 0 Å². The van der Waals surface area contributed by atoms with Gasteiger partial charge in [-0.15, -0.1) is 0 Å². The summed E-state index contributed by atoms with van der Waals surface area (Å²) < 4.78 is 0. The minimum atomic E-state index is 0.775. The van der Waals surface area contributed by atoms with E-state index in [0.717, 1.165) is 23.5 Å². The van der Waals surface area contributed by atoms with Gasteiger partial charge in [0.15, 0.2) is 0 Å². The molecule has 1 N–H and O–H groups in total. The average molecular weight is 251 g/mol. The van der Waals surface area contributed by atoms with Crippen molar-refractivity contribution < 1.29 is 0 Å². The Hall–Kier alpha value is -0.730. The summed E-state index contributed by atoms with van der Waals surface area (Å²) in [5.74, 6) is 0.929. The van der Waals surface area contributed by atoms with E-state index in [2.05, 4.69) is 22.3 Å². The minimum absolute atomic E-state index is 0.775. The maximum absolute atomic E-state index is 6.09. The second-order valence-corrected chi connectivity index (χ2v) is 5.73. The number of piperidine rings is 1. The van der Waals surface area contributed by atoms with Crippen molar-refractivity contribution in [2.45, 2.75) is 31.8 Å². The lowest BCUT2D eigenvalue weighted by Crippen LogP contribution is -2.33. The van der Waals surface area contributed by atoms with Crippen LogP contribution < -0.4 is 10.2 Å². The Bertz CT molecular complexity index is 419. The van der Waals surface area contributed by atoms with Crippen LogP contribution in [-0.2, 0) is 6.54 Å². The molecule has 2 fully saturated rings. The summed E-state index contributed by atoms with van der Waals surface area (Å²) in [4.78, 5) is 2.59. The zero-order valence-corrected chi connectivity index (χ0v) is 11.0. The van der Waals surface area contributed by atoms with Crippen LogP contribution in [-0.4, -0.2) is 19.6 Å². The summed E-state index contributed by atoms with van der Waals surface area (Å²) in [6.45, 7) is 2.13. The van der Waals surface area contributed by atoms with Crippen molar-refractivity contribution in [3.05, 3.63) is 28.8 Å². The third-order valence-electron chi connectivity index (χ3n) is 4.13. The van der Waals surface area contributed by atoms with E-state index in [-0.39, 0.29) is 0 Å². The van der Waals surface area contributed by atoms with Crippen LogP contribution in [0, 0.1) is 5.92 Å². The number of nitrogens with zero attached hydrogens (tertiary/aromatic N) is 1. The normalized spacial score (nSPS) is 26.8. The average Bonchev–Trinajstić information content (AvgIpc) is 2.91. The number of halogens is 1. The van der Waals surface area contributed by atoms with Gasteiger partial charge >= 0.3 is 0 Å². The van der Waals surface area contributed by atoms with Gasteiger partial charge in [0.1, 0.15) is 0 Å². The standard InChI is InChI=1S/C14H19ClN2/c1-16-8-11-7-12(15)3-5-14(11)17-9-10-2-4-13(17)6-10/h3,5,7,10,13,16H,2,4,6,8-9H2,1H3. The summed E-state index contributed by atoms with van der Waals surface area (Å²) in [5.41, 5.74) is 2.71. The van der Waals surface area contributed by atoms with E-state index in [4.69, 9.17) is 11.6 Å². The highest BCUT2D eigenvalue weighted by atomic mass is 35.5. The molecule has 1 heterocycles. The third kappa shape index (κ3) is 2.04. The minimum Gasteiger partial charge on any atom is -0.368 e. The number of anilines is 1. The predicted octanol–water partition coefficient (Wildman–Crippen LogP) is 3.05. The molecule has 1 aromatic carbocycles. The Morgan fingerprint density at radius 1 is 1.41 bits per heavy atom. The van der Waals surface area contributed by atoms with Crippen molar-refractivity contribution in [1.82, 2.24) is 5.32 Å². The molecule has 0 amide bonds. The van der Waals surface area contributed by atoms with Crippen molar-refractivity contribution in [2.24, 2.45) is 5.92 Å². The molecule has 2 aliphatic rings. The molecule has 3 rings (SSSR count). The molecule has 3 heteroatoms. The fraction of sp³-hybridized carbons (Fsp3) is 0.571. The van der Waals surface area contributed by atoms with Gasteiger partial charge in [0.05, 0.1) is 0 Å². The van der Waals surface area contributed by atoms with E-state index in [1.807, 2.05) is 13.1 Å². The van der Waals surface area contributed by atoms with Crippen molar-refractivity contribution >= 4 is 17.3 Å². The Kier molecular flexibility index (Phi) is 3.01. The van der Waals surface area contributed by atoms with E-state index in [9.17, 15) is 0 Å². The van der Waals surface area contributed by atoms with Crippen molar-refractivity contribution in [1.29, 1.82) is 0 Å². The van der Waals surface area contributed by atoms with Crippen LogP contribution in [0.25, 0.3) is 0 Å². The Morgan fingerprint density at radius 2 is 2.29 bits per heavy atom. The molecule has 0 spiro atoms. The smallest absolute Gasteiger partial charge is 0.0415 e. The van der Waals surface area contributed by atoms with Gasteiger partial charge in [0, 0.05) is 29.8 Å². The molecule has 1 saturated carbocycles. The van der Waals surface area contributed by atoms with E-state index in [1.165, 1.54) is 37.1 Å². The molecule has 2 unspecified atom stereocenters. The summed E-state index contributed by atoms with van der Waals surface area (Å²) in [7, 11) is 1.99. The summed E-state index contributed by atoms with van der Waals surface area (Å²) in [6, 6.07) is 7.08. The molecule has 92 valence electrons. The quantitative estimate of drug-likeness (QED) is 0.887. The summed E-state index contributed by atoms with van der Waals surface area (Å²) >= 11 is 6.09. The lowest BCUT2D eigenvalue weighted by Gasteiger charge is -2.31. The third-order valence-corrected chi connectivity index (χ3v) is 4.36. The first-order valence-electron chi connectivity index (χ1n) is 6.47. The number of rotatable bonds is 3. The van der Waals surface area contributed by atoms with Crippen LogP contribution in [0.15, 0.2) is 18.2 Å². The van der Waals surface area contributed by atoms with Gasteiger partial charge < -0.3 is 10.2 Å². The SMILES string of the molecule is CNCc1cc(Cl)ccc1N1CC2CCC1C2. The van der Waals surface area contributed by atoms with Crippen LogP contribution in [0.1, 0.15) is 24.8 Å². The van der Waals surface area contributed by atoms with Gasteiger partial charge in [-0.05, 0) is 56.0 Å². The molecule has 0 aromatic heterocycles. The Labute approximate surface area is 108 Å². The van der Waals surface area contributed by atoms with E-state index < -0.39 is 0 Å². The summed E-state index contributed by atoms with van der Waals surface area (Å²) in [6.07, 6.45) is 4.18. The number of nitrogens with one attached hydrogen (secondary N) is 1. The molecule has 2 atom stereocenters. The summed E-state index contributed by atoms with van der Waals surface area (Å²) in [5, 5.41) is 4.07. The maximum Gasteiger partial charge on any atom is 0.0415 e. The Balaban J connectivity index is 1.91. The fourth-order valence-corrected chi connectivity index (χ4v) is 3.58. The maximum atomic E-state index is 6.09. The number of fused-ring (bicyclic) bond motifs is 2. The lowest BCUT2D eigenvalue weighted by molar-refractivity contribution is 0.552. The molecular formula is C14H19ClN2. The first-order chi connectivity index (χ1) is 8.28. The number of hydrogen-bond donors (Lipinski definition) is 1. The van der Waals surface area contributed by atoms with Gasteiger partial charge in [-0.1, -0.05) is 11.6 Å². The van der Waals surface area contributed by atoms with E-state index >= 15 is 0 Å². The molecule has 1 aromatic rings. The van der Waals surface area contributed by atoms with Crippen molar-refractivity contribution in [2.75, 3.05) is 18.5 Å². The van der Waals surface area contributed by atoms with Crippen LogP contribution in [0.2, 0.25) is 5.02 Å². The highest BCUT2D eigenvalue weighted by molar-refractivity contribution is 6.30. The second kappa shape index (κ2) is 4.51. The van der Waals surface area contributed by atoms with Gasteiger partial charge in [-0.3, -0.25) is 0 Å². The second-order valence-electron chi connectivity index (χ2n) is 5.29. The zero-order valence-electron chi connectivity index (χ0n) is 10.2. The molecule has 2 nitrogen and oxygen atoms in total. The number of hydrogen-bond acceptors (Lipinski definition) is 2. The number of benzene rings is 1. The first kappa shape index (κ1) is 11.4. The van der Waals surface area contributed by atoms with E-state index in [1.54, 1.807) is 0 Å². The van der Waals surface area contributed by atoms with Gasteiger partial charge in [0.25, 0.3) is 0 Å². The molecule has 1 saturated heterocycles. The molecular weight excluding hydrogens is 232 g/mol. The molecule has 0 radical (unpaired) electrons. The van der Waals surface area contributed by atoms with Gasteiger partial charge in [0.2, 0.25) is 0 Å². The molecule has 17 heavy (non-hydrogen) atoms. The van der Waals surface area contributed by atoms with Crippen LogP contribution in [0.5, 0.6) is 0 Å². The monoisotopic (exact) mass is 250 g/mol. The fourth-order valence-electron chi connectivity index (χ4n) is 3.39. The van der Waals surface area contributed by atoms with Crippen LogP contribution in [0.3, 0.4) is 0 Å². The molecule has 2 bridgehead atoms. The van der Waals surface area contributed by atoms with Crippen LogP contribution in [0.4, 0.5) is 5.69 Å². The predicted molar refractivity (Wildman–Crippen MR) is 72.7 cm³/mol. The molecule has 1 aliphatic heterocycles. The highest BCUT2D eigenvalue weighted by Gasteiger charge is 2.38. The largest absolute Gasteiger partial charge is 0.368 e. The Morgan fingerprint density at radius 3 is 2.94 bits per heavy atom. The van der Waals surface area contributed by atoms with Crippen LogP contribution >= 0.6 is 11.6 Å². The highest BCUT2D eigenvalue weighted by Crippen LogP contribution is 2.41. The topological polar surface area (TPSA) is 15.3 Å². The lowest BCUT2D eigenvalue weighted by atomic mass is 10.1. The van der Waals surface area contributed by atoms with Gasteiger partial charge in [-0.25, -0.2) is 0 Å². The van der Waals surface area contributed by atoms with Crippen molar-refractivity contribution in [3.8, 4) is 0 Å². The zero-order chi connectivity index (χ0) is 11.8.